The molecule has 0 bridgehead atoms. The van der Waals surface area contributed by atoms with Crippen molar-refractivity contribution in [2.75, 3.05) is 7.05 Å². The van der Waals surface area contributed by atoms with Crippen LogP contribution < -0.4 is 5.32 Å². The van der Waals surface area contributed by atoms with E-state index in [4.69, 9.17) is 0 Å². The van der Waals surface area contributed by atoms with Crippen LogP contribution in [0.25, 0.3) is 21.5 Å². The van der Waals surface area contributed by atoms with E-state index in [9.17, 15) is 0 Å². The highest BCUT2D eigenvalue weighted by Crippen LogP contribution is 2.33. The number of nitrogens with one attached hydrogen (secondary N) is 1. The van der Waals surface area contributed by atoms with Gasteiger partial charge in [0.2, 0.25) is 0 Å². The first kappa shape index (κ1) is 12.7. The zero-order valence-electron chi connectivity index (χ0n) is 10.4. The summed E-state index contributed by atoms with van der Waals surface area (Å²) in [5.41, 5.74) is 3.14. The SMILES string of the molecule is CNCc1csc(-c2ccc(Br)c3cccnc23)n1. The molecule has 2 aromatic heterocycles. The highest BCUT2D eigenvalue weighted by Gasteiger charge is 2.10. The Morgan fingerprint density at radius 1 is 1.32 bits per heavy atom. The number of pyridine rings is 1. The number of thiazole rings is 1. The molecule has 96 valence electrons. The van der Waals surface area contributed by atoms with Gasteiger partial charge in [-0.05, 0) is 25.2 Å². The Labute approximate surface area is 123 Å². The van der Waals surface area contributed by atoms with E-state index < -0.39 is 0 Å². The smallest absolute Gasteiger partial charge is 0.125 e. The molecule has 5 heteroatoms. The summed E-state index contributed by atoms with van der Waals surface area (Å²) in [5, 5.41) is 7.33. The number of rotatable bonds is 3. The Balaban J connectivity index is 2.16. The second-order valence-corrected chi connectivity index (χ2v) is 5.88. The van der Waals surface area contributed by atoms with Gasteiger partial charge in [0.1, 0.15) is 5.01 Å². The predicted molar refractivity (Wildman–Crippen MR) is 83.3 cm³/mol. The fourth-order valence-electron chi connectivity index (χ4n) is 2.00. The molecule has 0 unspecified atom stereocenters. The van der Waals surface area contributed by atoms with E-state index in [1.54, 1.807) is 11.3 Å². The lowest BCUT2D eigenvalue weighted by Gasteiger charge is -2.04. The first-order valence-electron chi connectivity index (χ1n) is 5.92. The molecule has 19 heavy (non-hydrogen) atoms. The number of halogens is 1. The molecule has 0 radical (unpaired) electrons. The van der Waals surface area contributed by atoms with E-state index in [0.717, 1.165) is 38.2 Å². The third-order valence-electron chi connectivity index (χ3n) is 2.86. The third kappa shape index (κ3) is 2.41. The molecule has 0 saturated heterocycles. The average molecular weight is 334 g/mol. The minimum atomic E-state index is 0.790. The number of aromatic nitrogens is 2. The van der Waals surface area contributed by atoms with Gasteiger partial charge in [-0.15, -0.1) is 11.3 Å². The van der Waals surface area contributed by atoms with Crippen molar-refractivity contribution in [3.63, 3.8) is 0 Å². The zero-order valence-corrected chi connectivity index (χ0v) is 12.8. The van der Waals surface area contributed by atoms with Gasteiger partial charge >= 0.3 is 0 Å². The molecule has 0 saturated carbocycles. The Kier molecular flexibility index (Phi) is 3.59. The molecule has 0 amide bonds. The zero-order chi connectivity index (χ0) is 13.2. The summed E-state index contributed by atoms with van der Waals surface area (Å²) in [6.45, 7) is 0.790. The van der Waals surface area contributed by atoms with Crippen LogP contribution >= 0.6 is 27.3 Å². The van der Waals surface area contributed by atoms with Crippen molar-refractivity contribution in [2.45, 2.75) is 6.54 Å². The van der Waals surface area contributed by atoms with E-state index in [1.807, 2.05) is 19.3 Å². The molecular formula is C14H12BrN3S. The van der Waals surface area contributed by atoms with Gasteiger partial charge in [0.15, 0.2) is 0 Å². The number of nitrogens with zero attached hydrogens (tertiary/aromatic N) is 2. The molecule has 3 rings (SSSR count). The van der Waals surface area contributed by atoms with Crippen LogP contribution in [0.15, 0.2) is 40.3 Å². The number of benzene rings is 1. The summed E-state index contributed by atoms with van der Waals surface area (Å²) < 4.78 is 1.06. The Hall–Kier alpha value is -1.30. The van der Waals surface area contributed by atoms with Crippen LogP contribution in [0.1, 0.15) is 5.69 Å². The fourth-order valence-corrected chi connectivity index (χ4v) is 3.30. The topological polar surface area (TPSA) is 37.8 Å². The van der Waals surface area contributed by atoms with Crippen LogP contribution in [-0.4, -0.2) is 17.0 Å². The van der Waals surface area contributed by atoms with Gasteiger partial charge in [0.25, 0.3) is 0 Å². The van der Waals surface area contributed by atoms with E-state index in [1.165, 1.54) is 0 Å². The van der Waals surface area contributed by atoms with Gasteiger partial charge in [-0.2, -0.15) is 0 Å². The molecule has 0 spiro atoms. The summed E-state index contributed by atoms with van der Waals surface area (Å²) in [7, 11) is 1.93. The van der Waals surface area contributed by atoms with Crippen LogP contribution in [0.4, 0.5) is 0 Å². The lowest BCUT2D eigenvalue weighted by molar-refractivity contribution is 0.798. The maximum Gasteiger partial charge on any atom is 0.125 e. The van der Waals surface area contributed by atoms with E-state index >= 15 is 0 Å². The van der Waals surface area contributed by atoms with Gasteiger partial charge < -0.3 is 5.32 Å². The minimum absolute atomic E-state index is 0.790. The summed E-state index contributed by atoms with van der Waals surface area (Å²) in [4.78, 5) is 9.15. The molecule has 2 heterocycles. The van der Waals surface area contributed by atoms with Crippen molar-refractivity contribution in [3.05, 3.63) is 46.0 Å². The van der Waals surface area contributed by atoms with Crippen LogP contribution in [0.2, 0.25) is 0 Å². The number of fused-ring (bicyclic) bond motifs is 1. The highest BCUT2D eigenvalue weighted by atomic mass is 79.9. The van der Waals surface area contributed by atoms with Crippen molar-refractivity contribution in [2.24, 2.45) is 0 Å². The molecule has 1 N–H and O–H groups in total. The standard InChI is InChI=1S/C14H12BrN3S/c1-16-7-9-8-19-14(18-9)11-4-5-12(15)10-3-2-6-17-13(10)11/h2-6,8,16H,7H2,1H3. The Bertz CT molecular complexity index is 724. The van der Waals surface area contributed by atoms with Gasteiger partial charge in [-0.25, -0.2) is 4.98 Å². The van der Waals surface area contributed by atoms with Crippen LogP contribution in [0, 0.1) is 0 Å². The Morgan fingerprint density at radius 2 is 2.21 bits per heavy atom. The maximum atomic E-state index is 4.65. The van der Waals surface area contributed by atoms with Crippen molar-refractivity contribution in [3.8, 4) is 10.6 Å². The van der Waals surface area contributed by atoms with Crippen molar-refractivity contribution in [1.82, 2.24) is 15.3 Å². The molecule has 0 aliphatic carbocycles. The molecule has 0 atom stereocenters. The van der Waals surface area contributed by atoms with E-state index in [0.29, 0.717) is 0 Å². The summed E-state index contributed by atoms with van der Waals surface area (Å²) >= 11 is 5.22. The maximum absolute atomic E-state index is 4.65. The van der Waals surface area contributed by atoms with Crippen molar-refractivity contribution < 1.29 is 0 Å². The lowest BCUT2D eigenvalue weighted by Crippen LogP contribution is -2.04. The van der Waals surface area contributed by atoms with E-state index in [2.05, 4.69) is 54.8 Å². The summed E-state index contributed by atoms with van der Waals surface area (Å²) in [6, 6.07) is 8.14. The van der Waals surface area contributed by atoms with Gasteiger partial charge in [0, 0.05) is 33.5 Å². The fraction of sp³-hybridized carbons (Fsp3) is 0.143. The highest BCUT2D eigenvalue weighted by molar-refractivity contribution is 9.10. The van der Waals surface area contributed by atoms with Crippen molar-refractivity contribution in [1.29, 1.82) is 0 Å². The molecule has 1 aromatic carbocycles. The second kappa shape index (κ2) is 5.36. The average Bonchev–Trinajstić information content (AvgIpc) is 2.88. The predicted octanol–water partition coefficient (Wildman–Crippen LogP) is 3.84. The lowest BCUT2D eigenvalue weighted by atomic mass is 10.1. The quantitative estimate of drug-likeness (QED) is 0.791. The molecule has 0 fully saturated rings. The number of hydrogen-bond acceptors (Lipinski definition) is 4. The molecule has 0 aliphatic rings. The van der Waals surface area contributed by atoms with E-state index in [-0.39, 0.29) is 0 Å². The number of hydrogen-bond donors (Lipinski definition) is 1. The summed E-state index contributed by atoms with van der Waals surface area (Å²) in [6.07, 6.45) is 1.82. The first-order valence-corrected chi connectivity index (χ1v) is 7.59. The minimum Gasteiger partial charge on any atom is -0.314 e. The summed E-state index contributed by atoms with van der Waals surface area (Å²) in [5.74, 6) is 0. The van der Waals surface area contributed by atoms with Gasteiger partial charge in [0.05, 0.1) is 11.2 Å². The monoisotopic (exact) mass is 333 g/mol. The molecular weight excluding hydrogens is 322 g/mol. The van der Waals surface area contributed by atoms with Crippen LogP contribution in [-0.2, 0) is 6.54 Å². The first-order chi connectivity index (χ1) is 9.29. The van der Waals surface area contributed by atoms with Crippen LogP contribution in [0.3, 0.4) is 0 Å². The molecule has 3 nitrogen and oxygen atoms in total. The normalized spacial score (nSPS) is 11.1. The third-order valence-corrected chi connectivity index (χ3v) is 4.47. The largest absolute Gasteiger partial charge is 0.314 e. The van der Waals surface area contributed by atoms with Crippen molar-refractivity contribution >= 4 is 38.2 Å². The van der Waals surface area contributed by atoms with Crippen LogP contribution in [0.5, 0.6) is 0 Å². The second-order valence-electron chi connectivity index (χ2n) is 4.17. The molecule has 3 aromatic rings. The van der Waals surface area contributed by atoms with Gasteiger partial charge in [-0.1, -0.05) is 22.0 Å². The van der Waals surface area contributed by atoms with Gasteiger partial charge in [-0.3, -0.25) is 4.98 Å². The Morgan fingerprint density at radius 3 is 3.05 bits per heavy atom. The molecule has 0 aliphatic heterocycles.